The van der Waals surface area contributed by atoms with Gasteiger partial charge in [0.2, 0.25) is 0 Å². The van der Waals surface area contributed by atoms with Gasteiger partial charge in [-0.3, -0.25) is 4.68 Å². The zero-order chi connectivity index (χ0) is 11.5. The van der Waals surface area contributed by atoms with Gasteiger partial charge >= 0.3 is 5.97 Å². The first-order chi connectivity index (χ1) is 6.88. The van der Waals surface area contributed by atoms with Crippen molar-refractivity contribution in [3.63, 3.8) is 0 Å². The molecule has 0 saturated carbocycles. The summed E-state index contributed by atoms with van der Waals surface area (Å²) in [4.78, 5) is 11.3. The van der Waals surface area contributed by atoms with Crippen molar-refractivity contribution < 1.29 is 9.53 Å². The monoisotopic (exact) mass is 208 g/mol. The van der Waals surface area contributed by atoms with Crippen LogP contribution in [-0.4, -0.2) is 21.4 Å². The highest BCUT2D eigenvalue weighted by molar-refractivity contribution is 5.87. The third kappa shape index (κ3) is 3.97. The Bertz CT molecular complexity index is 372. The minimum atomic E-state index is -0.451. The summed E-state index contributed by atoms with van der Waals surface area (Å²) in [6.45, 7) is 5.51. The lowest BCUT2D eigenvalue weighted by atomic mass is 10.2. The van der Waals surface area contributed by atoms with Crippen LogP contribution < -0.4 is 0 Å². The summed E-state index contributed by atoms with van der Waals surface area (Å²) >= 11 is 0. The number of carbonyl (C=O) groups is 1. The molecule has 0 aliphatic rings. The second-order valence-electron chi connectivity index (χ2n) is 4.25. The van der Waals surface area contributed by atoms with Crippen molar-refractivity contribution in [2.45, 2.75) is 26.4 Å². The molecule has 15 heavy (non-hydrogen) atoms. The lowest BCUT2D eigenvalue weighted by Crippen LogP contribution is -2.22. The van der Waals surface area contributed by atoms with Crippen LogP contribution in [0, 0.1) is 0 Å². The number of hydrogen-bond donors (Lipinski definition) is 0. The van der Waals surface area contributed by atoms with E-state index in [2.05, 4.69) is 5.10 Å². The first-order valence-corrected chi connectivity index (χ1v) is 4.77. The number of aromatic nitrogens is 2. The first kappa shape index (κ1) is 11.5. The predicted molar refractivity (Wildman–Crippen MR) is 58.1 cm³/mol. The third-order valence-corrected chi connectivity index (χ3v) is 1.66. The topological polar surface area (TPSA) is 44.1 Å². The molecule has 0 fully saturated rings. The number of nitrogens with zero attached hydrogens (tertiary/aromatic N) is 2. The lowest BCUT2D eigenvalue weighted by molar-refractivity contribution is -0.148. The zero-order valence-electron chi connectivity index (χ0n) is 9.52. The van der Waals surface area contributed by atoms with Crippen LogP contribution >= 0.6 is 0 Å². The molecule has 0 bridgehead atoms. The normalized spacial score (nSPS) is 12.0. The van der Waals surface area contributed by atoms with Gasteiger partial charge in [-0.05, 0) is 32.9 Å². The van der Waals surface area contributed by atoms with E-state index in [9.17, 15) is 4.79 Å². The highest BCUT2D eigenvalue weighted by Crippen LogP contribution is 2.08. The third-order valence-electron chi connectivity index (χ3n) is 1.66. The Morgan fingerprint density at radius 3 is 2.67 bits per heavy atom. The number of rotatable bonds is 2. The van der Waals surface area contributed by atoms with Crippen LogP contribution in [0.15, 0.2) is 18.3 Å². The Hall–Kier alpha value is -1.58. The molecule has 0 atom stereocenters. The van der Waals surface area contributed by atoms with E-state index >= 15 is 0 Å². The zero-order valence-corrected chi connectivity index (χ0v) is 9.52. The van der Waals surface area contributed by atoms with Gasteiger partial charge in [-0.2, -0.15) is 5.10 Å². The molecule has 0 N–H and O–H groups in total. The van der Waals surface area contributed by atoms with Crippen LogP contribution in [0.4, 0.5) is 0 Å². The molecule has 0 aliphatic heterocycles. The van der Waals surface area contributed by atoms with Gasteiger partial charge in [-0.15, -0.1) is 0 Å². The Balaban J connectivity index is 2.59. The van der Waals surface area contributed by atoms with Crippen LogP contribution in [0.25, 0.3) is 6.08 Å². The van der Waals surface area contributed by atoms with Gasteiger partial charge in [-0.1, -0.05) is 0 Å². The van der Waals surface area contributed by atoms with Crippen molar-refractivity contribution in [2.75, 3.05) is 0 Å². The summed E-state index contributed by atoms with van der Waals surface area (Å²) in [7, 11) is 1.81. The molecule has 0 spiro atoms. The molecular formula is C11H16N2O2. The molecule has 82 valence electrons. The molecule has 4 heteroatoms. The van der Waals surface area contributed by atoms with E-state index in [4.69, 9.17) is 4.74 Å². The van der Waals surface area contributed by atoms with Crippen LogP contribution in [0.1, 0.15) is 26.5 Å². The van der Waals surface area contributed by atoms with Crippen molar-refractivity contribution in [1.29, 1.82) is 0 Å². The van der Waals surface area contributed by atoms with Gasteiger partial charge in [-0.25, -0.2) is 4.79 Å². The van der Waals surface area contributed by atoms with E-state index in [1.165, 1.54) is 6.08 Å². The van der Waals surface area contributed by atoms with Gasteiger partial charge < -0.3 is 4.74 Å². The predicted octanol–water partition coefficient (Wildman–Crippen LogP) is 1.77. The molecule has 0 radical (unpaired) electrons. The molecule has 0 aromatic carbocycles. The van der Waals surface area contributed by atoms with Crippen molar-refractivity contribution >= 4 is 12.0 Å². The summed E-state index contributed by atoms with van der Waals surface area (Å²) in [5.41, 5.74) is 0.411. The van der Waals surface area contributed by atoms with Gasteiger partial charge in [0.25, 0.3) is 0 Å². The van der Waals surface area contributed by atoms with Crippen molar-refractivity contribution in [3.05, 3.63) is 24.0 Å². The van der Waals surface area contributed by atoms with E-state index in [0.29, 0.717) is 0 Å². The second kappa shape index (κ2) is 4.29. The van der Waals surface area contributed by atoms with E-state index in [-0.39, 0.29) is 5.97 Å². The quantitative estimate of drug-likeness (QED) is 0.549. The maximum Gasteiger partial charge on any atom is 0.331 e. The average molecular weight is 208 g/mol. The smallest absolute Gasteiger partial charge is 0.331 e. The molecule has 0 saturated heterocycles. The fraction of sp³-hybridized carbons (Fsp3) is 0.455. The molecule has 1 aromatic rings. The summed E-state index contributed by atoms with van der Waals surface area (Å²) in [5.74, 6) is -0.344. The summed E-state index contributed by atoms with van der Waals surface area (Å²) in [6, 6.07) is 1.82. The van der Waals surface area contributed by atoms with Crippen LogP contribution in [0.2, 0.25) is 0 Å². The molecule has 0 amide bonds. The Morgan fingerprint density at radius 1 is 1.53 bits per heavy atom. The van der Waals surface area contributed by atoms with Crippen molar-refractivity contribution in [1.82, 2.24) is 9.78 Å². The van der Waals surface area contributed by atoms with Gasteiger partial charge in [0.05, 0.1) is 5.69 Å². The summed E-state index contributed by atoms with van der Waals surface area (Å²) in [5, 5.41) is 3.98. The summed E-state index contributed by atoms with van der Waals surface area (Å²) < 4.78 is 6.80. The Kier molecular flexibility index (Phi) is 3.29. The Morgan fingerprint density at radius 2 is 2.20 bits per heavy atom. The fourth-order valence-corrected chi connectivity index (χ4v) is 1.04. The molecule has 1 aromatic heterocycles. The van der Waals surface area contributed by atoms with Crippen LogP contribution in [0.3, 0.4) is 0 Å². The second-order valence-corrected chi connectivity index (χ2v) is 4.25. The van der Waals surface area contributed by atoms with Crippen LogP contribution in [-0.2, 0) is 16.6 Å². The largest absolute Gasteiger partial charge is 0.457 e. The standard InChI is InChI=1S/C11H16N2O2/c1-11(2,3)15-10(14)6-5-9-7-8-12-13(9)4/h5-8H,1-4H3/b6-5+. The summed E-state index contributed by atoms with van der Waals surface area (Å²) in [6.07, 6.45) is 4.76. The molecule has 4 nitrogen and oxygen atoms in total. The van der Waals surface area contributed by atoms with Crippen molar-refractivity contribution in [2.24, 2.45) is 7.05 Å². The first-order valence-electron chi connectivity index (χ1n) is 4.77. The molecule has 0 aliphatic carbocycles. The molecule has 1 heterocycles. The fourth-order valence-electron chi connectivity index (χ4n) is 1.04. The Labute approximate surface area is 89.5 Å². The number of hydrogen-bond acceptors (Lipinski definition) is 3. The maximum atomic E-state index is 11.3. The highest BCUT2D eigenvalue weighted by atomic mass is 16.6. The minimum Gasteiger partial charge on any atom is -0.457 e. The molecule has 0 unspecified atom stereocenters. The lowest BCUT2D eigenvalue weighted by Gasteiger charge is -2.17. The van der Waals surface area contributed by atoms with E-state index in [1.807, 2.05) is 33.9 Å². The van der Waals surface area contributed by atoms with Gasteiger partial charge in [0.15, 0.2) is 0 Å². The number of carbonyl (C=O) groups excluding carboxylic acids is 1. The van der Waals surface area contributed by atoms with E-state index < -0.39 is 5.60 Å². The number of ether oxygens (including phenoxy) is 1. The average Bonchev–Trinajstić information content (AvgIpc) is 2.44. The van der Waals surface area contributed by atoms with E-state index in [0.717, 1.165) is 5.69 Å². The number of esters is 1. The van der Waals surface area contributed by atoms with Gasteiger partial charge in [0, 0.05) is 19.3 Å². The minimum absolute atomic E-state index is 0.344. The van der Waals surface area contributed by atoms with Gasteiger partial charge in [0.1, 0.15) is 5.60 Å². The maximum absolute atomic E-state index is 11.3. The molecule has 1 rings (SSSR count). The SMILES string of the molecule is Cn1nccc1/C=C/C(=O)OC(C)(C)C. The van der Waals surface area contributed by atoms with E-state index in [1.54, 1.807) is 17.0 Å². The number of aryl methyl sites for hydroxylation is 1. The van der Waals surface area contributed by atoms with Crippen LogP contribution in [0.5, 0.6) is 0 Å². The molecular weight excluding hydrogens is 192 g/mol. The van der Waals surface area contributed by atoms with Crippen molar-refractivity contribution in [3.8, 4) is 0 Å². The highest BCUT2D eigenvalue weighted by Gasteiger charge is 2.13.